The number of aromatic nitrogens is 3. The monoisotopic (exact) mass is 591 g/mol. The lowest BCUT2D eigenvalue weighted by atomic mass is 10.0. The summed E-state index contributed by atoms with van der Waals surface area (Å²) in [6, 6.07) is 30.1. The number of hydrogen-bond acceptors (Lipinski definition) is 7. The van der Waals surface area contributed by atoms with Crippen LogP contribution in [0, 0.1) is 0 Å². The molecule has 11 heteroatoms. The fourth-order valence-corrected chi connectivity index (χ4v) is 7.14. The highest BCUT2D eigenvalue weighted by Gasteiger charge is 2.22. The van der Waals surface area contributed by atoms with Crippen molar-refractivity contribution in [1.29, 1.82) is 0 Å². The molecule has 0 atom stereocenters. The van der Waals surface area contributed by atoms with Gasteiger partial charge in [-0.2, -0.15) is 0 Å². The van der Waals surface area contributed by atoms with Crippen LogP contribution in [0.4, 0.5) is 11.4 Å². The molecular formula is C31H21N5O4S2. The van der Waals surface area contributed by atoms with Crippen LogP contribution in [0.3, 0.4) is 0 Å². The molecule has 0 saturated carbocycles. The molecule has 7 aromatic rings. The molecule has 0 aliphatic carbocycles. The van der Waals surface area contributed by atoms with Gasteiger partial charge in [0.25, 0.3) is 20.0 Å². The number of nitrogens with one attached hydrogen (secondary N) is 2. The summed E-state index contributed by atoms with van der Waals surface area (Å²) in [6.45, 7) is 0. The van der Waals surface area contributed by atoms with E-state index in [1.165, 1.54) is 36.4 Å². The Labute approximate surface area is 241 Å². The second-order valence-corrected chi connectivity index (χ2v) is 13.0. The van der Waals surface area contributed by atoms with Crippen LogP contribution in [-0.2, 0) is 20.0 Å². The van der Waals surface area contributed by atoms with E-state index in [2.05, 4.69) is 14.4 Å². The van der Waals surface area contributed by atoms with Crippen LogP contribution in [-0.4, -0.2) is 31.8 Å². The molecule has 0 aliphatic heterocycles. The predicted octanol–water partition coefficient (Wildman–Crippen LogP) is 6.09. The van der Waals surface area contributed by atoms with Gasteiger partial charge >= 0.3 is 0 Å². The number of benzene rings is 5. The highest BCUT2D eigenvalue weighted by atomic mass is 32.2. The number of fused-ring (bicyclic) bond motifs is 7. The molecular weight excluding hydrogens is 571 g/mol. The van der Waals surface area contributed by atoms with Crippen molar-refractivity contribution in [2.45, 2.75) is 9.79 Å². The molecule has 9 nitrogen and oxygen atoms in total. The van der Waals surface area contributed by atoms with E-state index in [0.29, 0.717) is 22.1 Å². The average molecular weight is 592 g/mol. The maximum Gasteiger partial charge on any atom is 0.261 e. The fraction of sp³-hybridized carbons (Fsp3) is 0. The van der Waals surface area contributed by atoms with Gasteiger partial charge in [0, 0.05) is 22.4 Å². The van der Waals surface area contributed by atoms with Gasteiger partial charge in [0.1, 0.15) is 0 Å². The van der Waals surface area contributed by atoms with Crippen molar-refractivity contribution >= 4 is 75.2 Å². The van der Waals surface area contributed by atoms with Gasteiger partial charge in [-0.25, -0.2) is 26.8 Å². The highest BCUT2D eigenvalue weighted by Crippen LogP contribution is 2.36. The molecule has 2 heterocycles. The van der Waals surface area contributed by atoms with Gasteiger partial charge in [-0.05, 0) is 48.5 Å². The predicted molar refractivity (Wildman–Crippen MR) is 164 cm³/mol. The molecule has 5 aromatic carbocycles. The largest absolute Gasteiger partial charge is 0.277 e. The zero-order valence-corrected chi connectivity index (χ0v) is 23.4. The smallest absolute Gasteiger partial charge is 0.261 e. The van der Waals surface area contributed by atoms with Crippen molar-refractivity contribution in [1.82, 2.24) is 15.0 Å². The Kier molecular flexibility index (Phi) is 5.99. The van der Waals surface area contributed by atoms with Crippen molar-refractivity contribution in [3.8, 4) is 0 Å². The van der Waals surface area contributed by atoms with E-state index in [-0.39, 0.29) is 21.2 Å². The lowest BCUT2D eigenvalue weighted by Gasteiger charge is -2.16. The molecule has 0 fully saturated rings. The van der Waals surface area contributed by atoms with E-state index >= 15 is 0 Å². The van der Waals surface area contributed by atoms with Crippen LogP contribution in [0.25, 0.3) is 43.7 Å². The Morgan fingerprint density at radius 1 is 0.476 bits per heavy atom. The minimum Gasteiger partial charge on any atom is -0.277 e. The Morgan fingerprint density at radius 2 is 0.905 bits per heavy atom. The van der Waals surface area contributed by atoms with Gasteiger partial charge < -0.3 is 0 Å². The Hall–Kier alpha value is -5.13. The lowest BCUT2D eigenvalue weighted by molar-refractivity contribution is 0.599. The Balaban J connectivity index is 1.49. The molecule has 0 unspecified atom stereocenters. The van der Waals surface area contributed by atoms with Gasteiger partial charge in [0.05, 0.1) is 48.7 Å². The summed E-state index contributed by atoms with van der Waals surface area (Å²) in [6.07, 6.45) is 1.72. The third-order valence-corrected chi connectivity index (χ3v) is 9.66. The lowest BCUT2D eigenvalue weighted by Crippen LogP contribution is -2.18. The summed E-state index contributed by atoms with van der Waals surface area (Å²) in [7, 11) is -8.15. The Bertz CT molecular complexity index is 2220. The summed E-state index contributed by atoms with van der Waals surface area (Å²) in [5.74, 6) is 0. The first kappa shape index (κ1) is 25.8. The van der Waals surface area contributed by atoms with E-state index in [4.69, 9.17) is 9.97 Å². The van der Waals surface area contributed by atoms with Crippen molar-refractivity contribution in [3.05, 3.63) is 115 Å². The summed E-state index contributed by atoms with van der Waals surface area (Å²) >= 11 is 0. The van der Waals surface area contributed by atoms with Crippen molar-refractivity contribution < 1.29 is 16.8 Å². The maximum atomic E-state index is 13.3. The van der Waals surface area contributed by atoms with E-state index in [9.17, 15) is 16.8 Å². The first-order valence-corrected chi connectivity index (χ1v) is 15.8. The minimum atomic E-state index is -4.07. The van der Waals surface area contributed by atoms with E-state index in [0.717, 1.165) is 21.7 Å². The molecule has 0 saturated heterocycles. The first-order chi connectivity index (χ1) is 20.3. The molecule has 0 bridgehead atoms. The van der Waals surface area contributed by atoms with Crippen molar-refractivity contribution in [2.24, 2.45) is 0 Å². The number of sulfonamides is 2. The molecule has 0 aliphatic rings. The maximum absolute atomic E-state index is 13.3. The van der Waals surface area contributed by atoms with E-state index < -0.39 is 20.0 Å². The van der Waals surface area contributed by atoms with Crippen molar-refractivity contribution in [3.63, 3.8) is 0 Å². The van der Waals surface area contributed by atoms with E-state index in [1.54, 1.807) is 42.6 Å². The third kappa shape index (κ3) is 4.44. The van der Waals surface area contributed by atoms with Gasteiger partial charge in [-0.1, -0.05) is 60.7 Å². The molecule has 0 radical (unpaired) electrons. The summed E-state index contributed by atoms with van der Waals surface area (Å²) in [5, 5.41) is 2.54. The Morgan fingerprint density at radius 3 is 1.43 bits per heavy atom. The van der Waals surface area contributed by atoms with Gasteiger partial charge in [0.2, 0.25) is 0 Å². The van der Waals surface area contributed by atoms with Gasteiger partial charge in [0.15, 0.2) is 0 Å². The quantitative estimate of drug-likeness (QED) is 0.177. The number of anilines is 2. The normalized spacial score (nSPS) is 12.2. The third-order valence-electron chi connectivity index (χ3n) is 6.90. The molecule has 2 N–H and O–H groups in total. The summed E-state index contributed by atoms with van der Waals surface area (Å²) < 4.78 is 58.4. The first-order valence-electron chi connectivity index (χ1n) is 12.9. The summed E-state index contributed by atoms with van der Waals surface area (Å²) in [4.78, 5) is 14.4. The SMILES string of the molecule is O=S(=O)(Nc1cc2nc3c4ccccc4c4ncccc4c3nc2cc1NS(=O)(=O)c1ccccc1)c1ccccc1. The van der Waals surface area contributed by atoms with Crippen LogP contribution in [0.5, 0.6) is 0 Å². The zero-order chi connectivity index (χ0) is 28.9. The number of rotatable bonds is 6. The molecule has 42 heavy (non-hydrogen) atoms. The van der Waals surface area contributed by atoms with Gasteiger partial charge in [-0.15, -0.1) is 0 Å². The fourth-order valence-electron chi connectivity index (χ4n) is 4.96. The molecule has 2 aromatic heterocycles. The molecule has 7 rings (SSSR count). The van der Waals surface area contributed by atoms with Crippen LogP contribution in [0.1, 0.15) is 0 Å². The molecule has 0 amide bonds. The van der Waals surface area contributed by atoms with Crippen LogP contribution in [0.2, 0.25) is 0 Å². The second kappa shape index (κ2) is 9.75. The molecule has 0 spiro atoms. The average Bonchev–Trinajstić information content (AvgIpc) is 3.01. The van der Waals surface area contributed by atoms with E-state index in [1.807, 2.05) is 36.4 Å². The van der Waals surface area contributed by atoms with Crippen LogP contribution < -0.4 is 9.44 Å². The number of hydrogen-bond donors (Lipinski definition) is 2. The summed E-state index contributed by atoms with van der Waals surface area (Å²) in [5.41, 5.74) is 2.74. The number of pyridine rings is 1. The molecule has 206 valence electrons. The standard InChI is InChI=1S/C31H21N5O4S2/c37-41(38,20-10-3-1-4-11-20)35-27-18-25-26(19-28(27)36-42(39,40)21-12-5-2-6-13-21)34-31-24-16-9-17-32-29(24)22-14-7-8-15-23(22)30(31)33-25/h1-19,35-36H. The van der Waals surface area contributed by atoms with Crippen LogP contribution >= 0.6 is 0 Å². The second-order valence-electron chi connectivity index (χ2n) is 9.59. The van der Waals surface area contributed by atoms with Crippen molar-refractivity contribution in [2.75, 3.05) is 9.44 Å². The topological polar surface area (TPSA) is 131 Å². The highest BCUT2D eigenvalue weighted by molar-refractivity contribution is 7.93. The van der Waals surface area contributed by atoms with Crippen LogP contribution in [0.15, 0.2) is 125 Å². The van der Waals surface area contributed by atoms with Gasteiger partial charge in [-0.3, -0.25) is 14.4 Å². The zero-order valence-electron chi connectivity index (χ0n) is 21.8. The number of nitrogens with zero attached hydrogens (tertiary/aromatic N) is 3. The minimum absolute atomic E-state index is 0.00253.